The summed E-state index contributed by atoms with van der Waals surface area (Å²) in [5.41, 5.74) is 3.87. The number of carboxylic acids is 1. The molecule has 31 heavy (non-hydrogen) atoms. The summed E-state index contributed by atoms with van der Waals surface area (Å²) in [5, 5.41) is 12.4. The molecule has 1 aliphatic rings. The van der Waals surface area contributed by atoms with Gasteiger partial charge in [0, 0.05) is 15.9 Å². The quantitative estimate of drug-likeness (QED) is 0.432. The van der Waals surface area contributed by atoms with Crippen LogP contribution in [0.3, 0.4) is 0 Å². The van der Waals surface area contributed by atoms with E-state index >= 15 is 0 Å². The van der Waals surface area contributed by atoms with Gasteiger partial charge in [0.25, 0.3) is 0 Å². The Morgan fingerprint density at radius 2 is 1.52 bits per heavy atom. The number of carbonyl (C=O) groups excluding carboxylic acids is 1. The summed E-state index contributed by atoms with van der Waals surface area (Å²) >= 11 is 2.16. The van der Waals surface area contributed by atoms with Crippen LogP contribution in [0.15, 0.2) is 72.8 Å². The lowest BCUT2D eigenvalue weighted by Crippen LogP contribution is -2.54. The number of rotatable bonds is 6. The Bertz CT molecular complexity index is 1100. The van der Waals surface area contributed by atoms with Gasteiger partial charge >= 0.3 is 12.1 Å². The summed E-state index contributed by atoms with van der Waals surface area (Å²) in [4.78, 5) is 24.6. The third-order valence-electron chi connectivity index (χ3n) is 5.70. The Hall–Kier alpha value is -2.87. The predicted octanol–water partition coefficient (Wildman–Crippen LogP) is 5.22. The SMILES string of the molecule is C[C@@](Cc1ccccc1I)(NC(=O)OCC1c2ccccc2-c2ccccc21)C(=O)O. The zero-order valence-electron chi connectivity index (χ0n) is 17.0. The predicted molar refractivity (Wildman–Crippen MR) is 127 cm³/mol. The number of halogens is 1. The molecule has 0 saturated heterocycles. The van der Waals surface area contributed by atoms with Gasteiger partial charge < -0.3 is 15.2 Å². The van der Waals surface area contributed by atoms with Crippen LogP contribution in [0.2, 0.25) is 0 Å². The molecule has 2 N–H and O–H groups in total. The molecule has 0 aromatic heterocycles. The molecule has 0 aliphatic heterocycles. The van der Waals surface area contributed by atoms with Crippen molar-refractivity contribution < 1.29 is 19.4 Å². The maximum Gasteiger partial charge on any atom is 0.408 e. The van der Waals surface area contributed by atoms with Crippen LogP contribution >= 0.6 is 22.6 Å². The van der Waals surface area contributed by atoms with Gasteiger partial charge in [0.05, 0.1) is 0 Å². The van der Waals surface area contributed by atoms with Gasteiger partial charge in [-0.05, 0) is 63.4 Å². The molecule has 1 aliphatic carbocycles. The molecule has 4 rings (SSSR count). The van der Waals surface area contributed by atoms with Gasteiger partial charge in [0.2, 0.25) is 0 Å². The number of alkyl carbamates (subject to hydrolysis) is 1. The molecule has 3 aromatic carbocycles. The van der Waals surface area contributed by atoms with Gasteiger partial charge in [-0.15, -0.1) is 0 Å². The van der Waals surface area contributed by atoms with Gasteiger partial charge in [-0.2, -0.15) is 0 Å². The monoisotopic (exact) mass is 527 g/mol. The lowest BCUT2D eigenvalue weighted by atomic mass is 9.93. The van der Waals surface area contributed by atoms with E-state index in [-0.39, 0.29) is 18.9 Å². The molecule has 6 heteroatoms. The summed E-state index contributed by atoms with van der Waals surface area (Å²) in [7, 11) is 0. The van der Waals surface area contributed by atoms with Crippen LogP contribution in [-0.4, -0.2) is 29.3 Å². The highest BCUT2D eigenvalue weighted by Gasteiger charge is 2.37. The first-order chi connectivity index (χ1) is 14.9. The van der Waals surface area contributed by atoms with E-state index in [0.29, 0.717) is 0 Å². The van der Waals surface area contributed by atoms with Crippen LogP contribution < -0.4 is 5.32 Å². The van der Waals surface area contributed by atoms with Crippen molar-refractivity contribution in [3.8, 4) is 11.1 Å². The summed E-state index contributed by atoms with van der Waals surface area (Å²) < 4.78 is 6.48. The lowest BCUT2D eigenvalue weighted by Gasteiger charge is -2.27. The van der Waals surface area contributed by atoms with Gasteiger partial charge in [-0.25, -0.2) is 9.59 Å². The fraction of sp³-hybridized carbons (Fsp3) is 0.200. The Morgan fingerprint density at radius 1 is 0.968 bits per heavy atom. The molecule has 158 valence electrons. The smallest absolute Gasteiger partial charge is 0.408 e. The highest BCUT2D eigenvalue weighted by atomic mass is 127. The van der Waals surface area contributed by atoms with Crippen LogP contribution in [0, 0.1) is 3.57 Å². The van der Waals surface area contributed by atoms with Crippen LogP contribution in [0.25, 0.3) is 11.1 Å². The van der Waals surface area contributed by atoms with E-state index in [2.05, 4.69) is 40.0 Å². The summed E-state index contributed by atoms with van der Waals surface area (Å²) in [6.07, 6.45) is -0.580. The highest BCUT2D eigenvalue weighted by molar-refractivity contribution is 14.1. The first-order valence-corrected chi connectivity index (χ1v) is 11.1. The lowest BCUT2D eigenvalue weighted by molar-refractivity contribution is -0.143. The number of amides is 1. The minimum atomic E-state index is -1.48. The van der Waals surface area contributed by atoms with Crippen molar-refractivity contribution in [2.75, 3.05) is 6.61 Å². The van der Waals surface area contributed by atoms with Gasteiger partial charge in [-0.3, -0.25) is 0 Å². The highest BCUT2D eigenvalue weighted by Crippen LogP contribution is 2.44. The van der Waals surface area contributed by atoms with Crippen LogP contribution in [0.1, 0.15) is 29.5 Å². The number of hydrogen-bond acceptors (Lipinski definition) is 3. The van der Waals surface area contributed by atoms with Crippen molar-refractivity contribution in [3.63, 3.8) is 0 Å². The standard InChI is InChI=1S/C25H22INO4/c1-25(23(28)29,14-16-8-2-7-13-22(16)26)27-24(30)31-15-21-19-11-5-3-9-17(19)18-10-4-6-12-20(18)21/h2-13,21H,14-15H2,1H3,(H,27,30)(H,28,29)/t25-/m0/s1. The third-order valence-corrected chi connectivity index (χ3v) is 6.75. The molecular formula is C25H22INO4. The topological polar surface area (TPSA) is 75.6 Å². The zero-order chi connectivity index (χ0) is 22.0. The maximum absolute atomic E-state index is 12.6. The van der Waals surface area contributed by atoms with Crippen molar-refractivity contribution in [2.24, 2.45) is 0 Å². The average molecular weight is 527 g/mol. The Balaban J connectivity index is 1.48. The number of hydrogen-bond donors (Lipinski definition) is 2. The van der Waals surface area contributed by atoms with Crippen molar-refractivity contribution in [1.29, 1.82) is 0 Å². The molecule has 0 heterocycles. The fourth-order valence-electron chi connectivity index (χ4n) is 4.06. The molecule has 5 nitrogen and oxygen atoms in total. The van der Waals surface area contributed by atoms with Crippen LogP contribution in [-0.2, 0) is 16.0 Å². The molecular weight excluding hydrogens is 505 g/mol. The number of carbonyl (C=O) groups is 2. The number of benzene rings is 3. The normalized spacial score (nSPS) is 14.3. The van der Waals surface area contributed by atoms with Gasteiger partial charge in [-0.1, -0.05) is 66.7 Å². The fourth-order valence-corrected chi connectivity index (χ4v) is 4.63. The molecule has 0 fully saturated rings. The second-order valence-electron chi connectivity index (χ2n) is 7.86. The van der Waals surface area contributed by atoms with E-state index in [0.717, 1.165) is 31.4 Å². The number of fused-ring (bicyclic) bond motifs is 3. The number of nitrogens with one attached hydrogen (secondary N) is 1. The van der Waals surface area contributed by atoms with E-state index in [1.54, 1.807) is 0 Å². The largest absolute Gasteiger partial charge is 0.480 e. The summed E-state index contributed by atoms with van der Waals surface area (Å²) in [5.74, 6) is -1.19. The maximum atomic E-state index is 12.6. The van der Waals surface area contributed by atoms with Crippen molar-refractivity contribution in [3.05, 3.63) is 93.1 Å². The zero-order valence-corrected chi connectivity index (χ0v) is 19.1. The third kappa shape index (κ3) is 4.30. The summed E-state index contributed by atoms with van der Waals surface area (Å²) in [6, 6.07) is 23.7. The first-order valence-electron chi connectivity index (χ1n) is 9.99. The first kappa shape index (κ1) is 21.4. The van der Waals surface area contributed by atoms with Crippen molar-refractivity contribution in [2.45, 2.75) is 24.8 Å². The molecule has 1 amide bonds. The van der Waals surface area contributed by atoms with Crippen molar-refractivity contribution in [1.82, 2.24) is 5.32 Å². The van der Waals surface area contributed by atoms with Crippen LogP contribution in [0.4, 0.5) is 4.79 Å². The Labute approximate surface area is 194 Å². The van der Waals surface area contributed by atoms with Gasteiger partial charge in [0.1, 0.15) is 12.1 Å². The van der Waals surface area contributed by atoms with Crippen molar-refractivity contribution >= 4 is 34.7 Å². The average Bonchev–Trinajstić information content (AvgIpc) is 3.08. The van der Waals surface area contributed by atoms with Gasteiger partial charge in [0.15, 0.2) is 0 Å². The number of carboxylic acid groups (broad SMARTS) is 1. The molecule has 0 spiro atoms. The minimum absolute atomic E-state index is 0.0793. The van der Waals surface area contributed by atoms with E-state index in [4.69, 9.17) is 4.74 Å². The van der Waals surface area contributed by atoms with E-state index in [1.807, 2.05) is 60.7 Å². The van der Waals surface area contributed by atoms with E-state index < -0.39 is 17.6 Å². The molecule has 0 saturated carbocycles. The van der Waals surface area contributed by atoms with E-state index in [1.165, 1.54) is 6.92 Å². The number of aliphatic carboxylic acids is 1. The summed E-state index contributed by atoms with van der Waals surface area (Å²) in [6.45, 7) is 1.64. The van der Waals surface area contributed by atoms with Crippen LogP contribution in [0.5, 0.6) is 0 Å². The van der Waals surface area contributed by atoms with E-state index in [9.17, 15) is 14.7 Å². The Morgan fingerprint density at radius 3 is 2.10 bits per heavy atom. The molecule has 1 atom stereocenters. The second kappa shape index (κ2) is 8.70. The molecule has 3 aromatic rings. The molecule has 0 unspecified atom stereocenters. The minimum Gasteiger partial charge on any atom is -0.480 e. The Kier molecular flexibility index (Phi) is 6.00. The molecule has 0 radical (unpaired) electrons. The molecule has 0 bridgehead atoms. The number of ether oxygens (including phenoxy) is 1. The second-order valence-corrected chi connectivity index (χ2v) is 9.02.